The average Bonchev–Trinajstić information content (AvgIpc) is 3.36. The first-order valence-corrected chi connectivity index (χ1v) is 9.01. The molecule has 2 heterocycles. The maximum atomic E-state index is 14.9. The molecule has 26 heavy (non-hydrogen) atoms. The van der Waals surface area contributed by atoms with Crippen molar-refractivity contribution < 1.29 is 13.9 Å². The Bertz CT molecular complexity index is 1030. The highest BCUT2D eigenvalue weighted by Crippen LogP contribution is 2.41. The van der Waals surface area contributed by atoms with Crippen molar-refractivity contribution in [1.29, 1.82) is 0 Å². The molecule has 134 valence electrons. The number of anilines is 2. The number of nitrogens with zero attached hydrogens (tertiary/aromatic N) is 2. The lowest BCUT2D eigenvalue weighted by molar-refractivity contribution is 0.102. The first-order chi connectivity index (χ1) is 12.5. The Balaban J connectivity index is 2.00. The maximum absolute atomic E-state index is 14.9. The van der Waals surface area contributed by atoms with Crippen LogP contribution in [0, 0.1) is 5.82 Å². The number of hydrogen-bond acceptors (Lipinski definition) is 7. The van der Waals surface area contributed by atoms with E-state index in [1.807, 2.05) is 0 Å². The third-order valence-electron chi connectivity index (χ3n) is 4.26. The van der Waals surface area contributed by atoms with Crippen molar-refractivity contribution in [2.45, 2.75) is 25.8 Å². The quantitative estimate of drug-likeness (QED) is 0.661. The number of benzene rings is 1. The van der Waals surface area contributed by atoms with E-state index in [-0.39, 0.29) is 22.8 Å². The van der Waals surface area contributed by atoms with E-state index < -0.39 is 5.82 Å². The molecule has 0 unspecified atom stereocenters. The summed E-state index contributed by atoms with van der Waals surface area (Å²) >= 11 is 1.20. The lowest BCUT2D eigenvalue weighted by atomic mass is 10.1. The minimum atomic E-state index is -0.526. The van der Waals surface area contributed by atoms with E-state index in [1.54, 1.807) is 18.2 Å². The molecule has 1 fully saturated rings. The summed E-state index contributed by atoms with van der Waals surface area (Å²) in [4.78, 5) is 21.9. The topological polar surface area (TPSA) is 90.1 Å². The fraction of sp³-hybridized carbons (Fsp3) is 0.278. The Hall–Kier alpha value is -2.74. The maximum Gasteiger partial charge on any atom is 0.224 e. The van der Waals surface area contributed by atoms with Gasteiger partial charge in [0.1, 0.15) is 4.83 Å². The molecule has 1 aliphatic carbocycles. The second kappa shape index (κ2) is 6.21. The van der Waals surface area contributed by atoms with Gasteiger partial charge >= 0.3 is 0 Å². The summed E-state index contributed by atoms with van der Waals surface area (Å²) in [5, 5.41) is 3.72. The molecular formula is C18H17FN4O2S. The minimum absolute atomic E-state index is 0.117. The number of aromatic nitrogens is 2. The van der Waals surface area contributed by atoms with Gasteiger partial charge in [-0.15, -0.1) is 11.3 Å². The van der Waals surface area contributed by atoms with Crippen molar-refractivity contribution in [2.24, 2.45) is 0 Å². The summed E-state index contributed by atoms with van der Waals surface area (Å²) in [7, 11) is 1.41. The van der Waals surface area contributed by atoms with Gasteiger partial charge < -0.3 is 15.8 Å². The number of nitrogen functional groups attached to an aromatic ring is 1. The summed E-state index contributed by atoms with van der Waals surface area (Å²) < 4.78 is 20.0. The number of nitrogens with one attached hydrogen (secondary N) is 1. The molecule has 4 rings (SSSR count). The number of Topliss-reactive ketones (excluding diaryl/α,β-unsaturated/α-hetero) is 1. The van der Waals surface area contributed by atoms with Gasteiger partial charge in [0, 0.05) is 18.5 Å². The van der Waals surface area contributed by atoms with E-state index in [1.165, 1.54) is 25.4 Å². The van der Waals surface area contributed by atoms with Gasteiger partial charge in [-0.3, -0.25) is 4.79 Å². The van der Waals surface area contributed by atoms with Crippen LogP contribution in [0.5, 0.6) is 5.75 Å². The predicted octanol–water partition coefficient (Wildman–Crippen LogP) is 3.87. The first kappa shape index (κ1) is 16.7. The molecule has 1 aliphatic rings. The van der Waals surface area contributed by atoms with Crippen LogP contribution in [0.25, 0.3) is 21.5 Å². The van der Waals surface area contributed by atoms with Crippen LogP contribution >= 0.6 is 11.3 Å². The Labute approximate surface area is 153 Å². The predicted molar refractivity (Wildman–Crippen MR) is 100 cm³/mol. The van der Waals surface area contributed by atoms with Crippen LogP contribution in [0.4, 0.5) is 16.0 Å². The molecule has 1 aromatic carbocycles. The standard InChI is InChI=1S/C18H17FN4O2S/c1-8(24)16-14(20)12-15(10-4-3-5-11(25-2)13(10)19)22-18(21-9-6-7-9)23-17(12)26-16/h3-5,9H,6-7,20H2,1-2H3,(H,21,22,23). The van der Waals surface area contributed by atoms with E-state index in [0.29, 0.717) is 32.8 Å². The summed E-state index contributed by atoms with van der Waals surface area (Å²) in [5.74, 6) is -0.151. The second-order valence-electron chi connectivity index (χ2n) is 6.22. The van der Waals surface area contributed by atoms with Gasteiger partial charge in [-0.05, 0) is 25.0 Å². The van der Waals surface area contributed by atoms with Crippen molar-refractivity contribution in [2.75, 3.05) is 18.2 Å². The third kappa shape index (κ3) is 2.76. The molecule has 0 amide bonds. The van der Waals surface area contributed by atoms with E-state index in [4.69, 9.17) is 10.5 Å². The zero-order valence-corrected chi connectivity index (χ0v) is 15.1. The van der Waals surface area contributed by atoms with Crippen LogP contribution in [0.1, 0.15) is 29.4 Å². The van der Waals surface area contributed by atoms with Gasteiger partial charge in [0.05, 0.1) is 28.8 Å². The second-order valence-corrected chi connectivity index (χ2v) is 7.22. The Morgan fingerprint density at radius 1 is 1.38 bits per heavy atom. The highest BCUT2D eigenvalue weighted by Gasteiger charge is 2.26. The molecule has 0 radical (unpaired) electrons. The van der Waals surface area contributed by atoms with E-state index in [9.17, 15) is 9.18 Å². The number of thiophene rings is 1. The van der Waals surface area contributed by atoms with Gasteiger partial charge in [-0.1, -0.05) is 6.07 Å². The van der Waals surface area contributed by atoms with Crippen molar-refractivity contribution in [3.8, 4) is 17.0 Å². The van der Waals surface area contributed by atoms with Gasteiger partial charge in [0.2, 0.25) is 5.95 Å². The molecule has 0 spiro atoms. The number of methoxy groups -OCH3 is 1. The van der Waals surface area contributed by atoms with Crippen LogP contribution in [-0.4, -0.2) is 28.9 Å². The number of halogens is 1. The number of ketones is 1. The van der Waals surface area contributed by atoms with Crippen molar-refractivity contribution in [1.82, 2.24) is 9.97 Å². The number of carbonyl (C=O) groups excluding carboxylic acids is 1. The molecule has 6 nitrogen and oxygen atoms in total. The SMILES string of the molecule is COc1cccc(-c2nc(NC3CC3)nc3sc(C(C)=O)c(N)c23)c1F. The fourth-order valence-electron chi connectivity index (χ4n) is 2.80. The average molecular weight is 372 g/mol. The largest absolute Gasteiger partial charge is 0.494 e. The normalized spacial score (nSPS) is 13.8. The Morgan fingerprint density at radius 3 is 2.81 bits per heavy atom. The highest BCUT2D eigenvalue weighted by atomic mass is 32.1. The molecular weight excluding hydrogens is 355 g/mol. The van der Waals surface area contributed by atoms with Gasteiger partial charge in [-0.25, -0.2) is 14.4 Å². The molecule has 3 aromatic rings. The number of carbonyl (C=O) groups is 1. The Morgan fingerprint density at radius 2 is 2.15 bits per heavy atom. The lowest BCUT2D eigenvalue weighted by Crippen LogP contribution is -2.06. The molecule has 2 aromatic heterocycles. The van der Waals surface area contributed by atoms with Crippen molar-refractivity contribution in [3.63, 3.8) is 0 Å². The van der Waals surface area contributed by atoms with Crippen LogP contribution < -0.4 is 15.8 Å². The fourth-order valence-corrected chi connectivity index (χ4v) is 3.79. The van der Waals surface area contributed by atoms with E-state index >= 15 is 0 Å². The minimum Gasteiger partial charge on any atom is -0.494 e. The summed E-state index contributed by atoms with van der Waals surface area (Å²) in [6.07, 6.45) is 2.10. The molecule has 8 heteroatoms. The van der Waals surface area contributed by atoms with Crippen molar-refractivity contribution >= 4 is 39.0 Å². The third-order valence-corrected chi connectivity index (χ3v) is 5.46. The zero-order chi connectivity index (χ0) is 18.4. The smallest absolute Gasteiger partial charge is 0.224 e. The van der Waals surface area contributed by atoms with Gasteiger partial charge in [0.15, 0.2) is 17.3 Å². The molecule has 0 saturated heterocycles. The number of nitrogens with two attached hydrogens (primary N) is 1. The zero-order valence-electron chi connectivity index (χ0n) is 14.3. The molecule has 1 saturated carbocycles. The first-order valence-electron chi connectivity index (χ1n) is 8.20. The monoisotopic (exact) mass is 372 g/mol. The van der Waals surface area contributed by atoms with Gasteiger partial charge in [-0.2, -0.15) is 0 Å². The number of ether oxygens (including phenoxy) is 1. The molecule has 3 N–H and O–H groups in total. The summed E-state index contributed by atoms with van der Waals surface area (Å²) in [6.45, 7) is 1.45. The molecule has 0 aliphatic heterocycles. The number of fused-ring (bicyclic) bond motifs is 1. The van der Waals surface area contributed by atoms with E-state index in [2.05, 4.69) is 15.3 Å². The number of rotatable bonds is 5. The van der Waals surface area contributed by atoms with Crippen LogP contribution in [0.15, 0.2) is 18.2 Å². The van der Waals surface area contributed by atoms with Gasteiger partial charge in [0.25, 0.3) is 0 Å². The highest BCUT2D eigenvalue weighted by molar-refractivity contribution is 7.21. The lowest BCUT2D eigenvalue weighted by Gasteiger charge is -2.11. The molecule has 0 bridgehead atoms. The summed E-state index contributed by atoms with van der Waals surface area (Å²) in [6, 6.07) is 5.18. The van der Waals surface area contributed by atoms with E-state index in [0.717, 1.165) is 12.8 Å². The number of hydrogen-bond donors (Lipinski definition) is 2. The van der Waals surface area contributed by atoms with Crippen LogP contribution in [0.3, 0.4) is 0 Å². The van der Waals surface area contributed by atoms with Crippen LogP contribution in [-0.2, 0) is 0 Å². The van der Waals surface area contributed by atoms with Crippen LogP contribution in [0.2, 0.25) is 0 Å². The Kier molecular flexibility index (Phi) is 3.99. The summed E-state index contributed by atoms with van der Waals surface area (Å²) in [5.41, 5.74) is 7.10. The van der Waals surface area contributed by atoms with Crippen molar-refractivity contribution in [3.05, 3.63) is 28.9 Å². The molecule has 0 atom stereocenters.